The maximum absolute atomic E-state index is 12.1. The van der Waals surface area contributed by atoms with Gasteiger partial charge in [-0.3, -0.25) is 4.79 Å². The lowest BCUT2D eigenvalue weighted by molar-refractivity contribution is -0.117. The monoisotopic (exact) mass is 308 g/mol. The second-order valence-corrected chi connectivity index (χ2v) is 6.32. The number of anilines is 1. The second kappa shape index (κ2) is 7.42. The van der Waals surface area contributed by atoms with Crippen molar-refractivity contribution in [3.05, 3.63) is 65.2 Å². The van der Waals surface area contributed by atoms with Gasteiger partial charge in [0.15, 0.2) is 0 Å². The van der Waals surface area contributed by atoms with Crippen molar-refractivity contribution in [3.63, 3.8) is 0 Å². The number of carbonyl (C=O) groups excluding carboxylic acids is 1. The summed E-state index contributed by atoms with van der Waals surface area (Å²) in [5, 5.41) is 6.21. The molecule has 1 heterocycles. The van der Waals surface area contributed by atoms with Crippen molar-refractivity contribution in [3.8, 4) is 0 Å². The quantitative estimate of drug-likeness (QED) is 0.888. The van der Waals surface area contributed by atoms with Gasteiger partial charge >= 0.3 is 0 Å². The number of benzene rings is 2. The molecule has 0 aliphatic carbocycles. The van der Waals surface area contributed by atoms with Gasteiger partial charge in [-0.05, 0) is 62.4 Å². The van der Waals surface area contributed by atoms with Gasteiger partial charge < -0.3 is 10.6 Å². The number of carbonyl (C=O) groups is 1. The molecule has 120 valence electrons. The van der Waals surface area contributed by atoms with Gasteiger partial charge in [-0.2, -0.15) is 0 Å². The molecule has 3 nitrogen and oxygen atoms in total. The molecule has 1 aliphatic rings. The van der Waals surface area contributed by atoms with Crippen molar-refractivity contribution >= 4 is 11.6 Å². The minimum absolute atomic E-state index is 0.0315. The summed E-state index contributed by atoms with van der Waals surface area (Å²) in [6.07, 6.45) is 4.07. The van der Waals surface area contributed by atoms with Crippen LogP contribution in [0.5, 0.6) is 0 Å². The summed E-state index contributed by atoms with van der Waals surface area (Å²) in [6, 6.07) is 16.8. The largest absolute Gasteiger partial charge is 0.325 e. The first-order valence-electron chi connectivity index (χ1n) is 8.39. The molecule has 1 amide bonds. The van der Waals surface area contributed by atoms with E-state index in [0.717, 1.165) is 37.9 Å². The predicted molar refractivity (Wildman–Crippen MR) is 94.7 cm³/mol. The van der Waals surface area contributed by atoms with Crippen LogP contribution in [0.2, 0.25) is 0 Å². The zero-order chi connectivity index (χ0) is 16.1. The first-order valence-corrected chi connectivity index (χ1v) is 8.39. The van der Waals surface area contributed by atoms with E-state index in [0.29, 0.717) is 0 Å². The van der Waals surface area contributed by atoms with E-state index in [1.54, 1.807) is 0 Å². The Labute approximate surface area is 138 Å². The topological polar surface area (TPSA) is 41.1 Å². The highest BCUT2D eigenvalue weighted by atomic mass is 16.2. The molecule has 1 fully saturated rings. The van der Waals surface area contributed by atoms with Gasteiger partial charge in [0.2, 0.25) is 5.91 Å². The SMILES string of the molecule is Cc1cccc(CCc2ccc(NC(=O)C3CCCN3)cc2)c1. The molecule has 0 aromatic heterocycles. The Morgan fingerprint density at radius 2 is 1.91 bits per heavy atom. The van der Waals surface area contributed by atoms with E-state index in [2.05, 4.69) is 54.0 Å². The van der Waals surface area contributed by atoms with E-state index in [4.69, 9.17) is 0 Å². The summed E-state index contributed by atoms with van der Waals surface area (Å²) < 4.78 is 0. The fraction of sp³-hybridized carbons (Fsp3) is 0.350. The first kappa shape index (κ1) is 15.8. The highest BCUT2D eigenvalue weighted by molar-refractivity contribution is 5.95. The van der Waals surface area contributed by atoms with Crippen LogP contribution >= 0.6 is 0 Å². The molecular formula is C20H24N2O. The molecule has 2 aromatic rings. The molecule has 3 heteroatoms. The van der Waals surface area contributed by atoms with Crippen LogP contribution in [0.25, 0.3) is 0 Å². The van der Waals surface area contributed by atoms with Crippen LogP contribution in [0, 0.1) is 6.92 Å². The number of nitrogens with one attached hydrogen (secondary N) is 2. The van der Waals surface area contributed by atoms with Crippen LogP contribution in [0.15, 0.2) is 48.5 Å². The summed E-state index contributed by atoms with van der Waals surface area (Å²) >= 11 is 0. The van der Waals surface area contributed by atoms with Gasteiger partial charge in [0.1, 0.15) is 0 Å². The van der Waals surface area contributed by atoms with Gasteiger partial charge in [-0.1, -0.05) is 42.0 Å². The Bertz CT molecular complexity index is 658. The van der Waals surface area contributed by atoms with Crippen molar-refractivity contribution in [2.45, 2.75) is 38.6 Å². The summed E-state index contributed by atoms with van der Waals surface area (Å²) in [7, 11) is 0. The smallest absolute Gasteiger partial charge is 0.241 e. The van der Waals surface area contributed by atoms with Crippen molar-refractivity contribution in [1.82, 2.24) is 5.32 Å². The average molecular weight is 308 g/mol. The number of aryl methyl sites for hydroxylation is 3. The van der Waals surface area contributed by atoms with Crippen molar-refractivity contribution in [2.75, 3.05) is 11.9 Å². The molecule has 0 spiro atoms. The van der Waals surface area contributed by atoms with E-state index in [1.165, 1.54) is 16.7 Å². The van der Waals surface area contributed by atoms with Crippen LogP contribution in [0.1, 0.15) is 29.5 Å². The molecule has 1 atom stereocenters. The molecule has 0 radical (unpaired) electrons. The second-order valence-electron chi connectivity index (χ2n) is 6.32. The number of hydrogen-bond donors (Lipinski definition) is 2. The highest BCUT2D eigenvalue weighted by Gasteiger charge is 2.21. The molecule has 23 heavy (non-hydrogen) atoms. The molecule has 0 bridgehead atoms. The molecule has 1 saturated heterocycles. The van der Waals surface area contributed by atoms with E-state index in [1.807, 2.05) is 12.1 Å². The van der Waals surface area contributed by atoms with Gasteiger partial charge in [-0.25, -0.2) is 0 Å². The van der Waals surface area contributed by atoms with E-state index in [-0.39, 0.29) is 11.9 Å². The summed E-state index contributed by atoms with van der Waals surface area (Å²) in [4.78, 5) is 12.1. The number of hydrogen-bond acceptors (Lipinski definition) is 2. The number of rotatable bonds is 5. The molecule has 0 saturated carbocycles. The van der Waals surface area contributed by atoms with Gasteiger partial charge in [0.25, 0.3) is 0 Å². The first-order chi connectivity index (χ1) is 11.2. The van der Waals surface area contributed by atoms with Crippen molar-refractivity contribution < 1.29 is 4.79 Å². The summed E-state index contributed by atoms with van der Waals surface area (Å²) in [5.74, 6) is 0.0787. The van der Waals surface area contributed by atoms with Gasteiger partial charge in [-0.15, -0.1) is 0 Å². The minimum Gasteiger partial charge on any atom is -0.325 e. The Balaban J connectivity index is 1.53. The lowest BCUT2D eigenvalue weighted by atomic mass is 10.0. The predicted octanol–water partition coefficient (Wildman–Crippen LogP) is 3.47. The minimum atomic E-state index is -0.0315. The average Bonchev–Trinajstić information content (AvgIpc) is 3.09. The molecule has 2 aromatic carbocycles. The molecule has 3 rings (SSSR count). The fourth-order valence-corrected chi connectivity index (χ4v) is 3.05. The Hall–Kier alpha value is -2.13. The molecule has 1 aliphatic heterocycles. The Kier molecular flexibility index (Phi) is 5.09. The normalized spacial score (nSPS) is 17.2. The van der Waals surface area contributed by atoms with Crippen LogP contribution in [0.3, 0.4) is 0 Å². The van der Waals surface area contributed by atoms with Crippen LogP contribution < -0.4 is 10.6 Å². The van der Waals surface area contributed by atoms with E-state index < -0.39 is 0 Å². The lowest BCUT2D eigenvalue weighted by Gasteiger charge is -2.11. The Morgan fingerprint density at radius 3 is 2.61 bits per heavy atom. The maximum atomic E-state index is 12.1. The van der Waals surface area contributed by atoms with E-state index in [9.17, 15) is 4.79 Å². The van der Waals surface area contributed by atoms with Crippen molar-refractivity contribution in [2.24, 2.45) is 0 Å². The number of amides is 1. The molecule has 1 unspecified atom stereocenters. The zero-order valence-corrected chi connectivity index (χ0v) is 13.6. The standard InChI is InChI=1S/C20H24N2O/c1-15-4-2-5-17(14-15)8-7-16-9-11-18(12-10-16)22-20(23)19-6-3-13-21-19/h2,4-5,9-12,14,19,21H,3,6-8,13H2,1H3,(H,22,23). The highest BCUT2D eigenvalue weighted by Crippen LogP contribution is 2.14. The zero-order valence-electron chi connectivity index (χ0n) is 13.6. The van der Waals surface area contributed by atoms with Crippen LogP contribution in [-0.2, 0) is 17.6 Å². The third kappa shape index (κ3) is 4.42. The lowest BCUT2D eigenvalue weighted by Crippen LogP contribution is -2.35. The van der Waals surface area contributed by atoms with E-state index >= 15 is 0 Å². The van der Waals surface area contributed by atoms with Crippen LogP contribution in [-0.4, -0.2) is 18.5 Å². The van der Waals surface area contributed by atoms with Crippen LogP contribution in [0.4, 0.5) is 5.69 Å². The third-order valence-corrected chi connectivity index (χ3v) is 4.38. The summed E-state index contributed by atoms with van der Waals surface area (Å²) in [5.41, 5.74) is 4.85. The Morgan fingerprint density at radius 1 is 1.13 bits per heavy atom. The molecular weight excluding hydrogens is 284 g/mol. The molecule has 2 N–H and O–H groups in total. The van der Waals surface area contributed by atoms with Gasteiger partial charge in [0, 0.05) is 5.69 Å². The van der Waals surface area contributed by atoms with Crippen molar-refractivity contribution in [1.29, 1.82) is 0 Å². The maximum Gasteiger partial charge on any atom is 0.241 e. The fourth-order valence-electron chi connectivity index (χ4n) is 3.05. The van der Waals surface area contributed by atoms with Gasteiger partial charge in [0.05, 0.1) is 6.04 Å². The third-order valence-electron chi connectivity index (χ3n) is 4.38. The summed E-state index contributed by atoms with van der Waals surface area (Å²) in [6.45, 7) is 3.07.